The number of nitrogens with one attached hydrogen (secondary N) is 1. The summed E-state index contributed by atoms with van der Waals surface area (Å²) in [4.78, 5) is 32.0. The van der Waals surface area contributed by atoms with Gasteiger partial charge in [0, 0.05) is 42.8 Å². The molecule has 28 heavy (non-hydrogen) atoms. The molecule has 0 spiro atoms. The number of carboxylic acid groups (broad SMARTS) is 1. The molecule has 0 radical (unpaired) electrons. The molecular formula is C20H19N5O3. The number of pyridine rings is 2. The largest absolute Gasteiger partial charge is 0.477 e. The number of fused-ring (bicyclic) bond motifs is 3. The van der Waals surface area contributed by atoms with Crippen molar-refractivity contribution in [3.63, 3.8) is 0 Å². The van der Waals surface area contributed by atoms with Crippen molar-refractivity contribution < 1.29 is 14.7 Å². The number of carbonyl (C=O) groups is 2. The van der Waals surface area contributed by atoms with E-state index in [9.17, 15) is 14.7 Å². The summed E-state index contributed by atoms with van der Waals surface area (Å²) >= 11 is 0. The van der Waals surface area contributed by atoms with Crippen molar-refractivity contribution in [1.29, 1.82) is 0 Å². The molecule has 0 aliphatic heterocycles. The molecule has 3 heterocycles. The van der Waals surface area contributed by atoms with Gasteiger partial charge in [0.1, 0.15) is 11.4 Å². The molecular weight excluding hydrogens is 358 g/mol. The van der Waals surface area contributed by atoms with Crippen LogP contribution in [0.5, 0.6) is 0 Å². The zero-order chi connectivity index (χ0) is 19.5. The van der Waals surface area contributed by atoms with E-state index in [4.69, 9.17) is 0 Å². The Morgan fingerprint density at radius 2 is 2.07 bits per heavy atom. The topological polar surface area (TPSA) is 110 Å². The predicted molar refractivity (Wildman–Crippen MR) is 101 cm³/mol. The second-order valence-electron chi connectivity index (χ2n) is 6.56. The van der Waals surface area contributed by atoms with Gasteiger partial charge in [0.15, 0.2) is 0 Å². The normalized spacial score (nSPS) is 12.1. The molecule has 142 valence electrons. The molecule has 0 saturated carbocycles. The molecule has 1 aliphatic rings. The van der Waals surface area contributed by atoms with Crippen molar-refractivity contribution in [1.82, 2.24) is 25.1 Å². The number of aromatic nitrogens is 4. The number of nitrogens with zero attached hydrogens (tertiary/aromatic N) is 4. The molecule has 0 fully saturated rings. The fourth-order valence-electron chi connectivity index (χ4n) is 3.49. The number of rotatable bonds is 6. The lowest BCUT2D eigenvalue weighted by molar-refractivity contribution is 0.0681. The van der Waals surface area contributed by atoms with E-state index in [0.29, 0.717) is 31.6 Å². The second-order valence-corrected chi connectivity index (χ2v) is 6.56. The summed E-state index contributed by atoms with van der Waals surface area (Å²) in [5.74, 6) is -1.23. The van der Waals surface area contributed by atoms with Gasteiger partial charge in [-0.3, -0.25) is 19.4 Å². The lowest BCUT2D eigenvalue weighted by atomic mass is 9.90. The Balaban J connectivity index is 1.48. The van der Waals surface area contributed by atoms with Crippen molar-refractivity contribution in [2.24, 2.45) is 0 Å². The molecule has 8 heteroatoms. The van der Waals surface area contributed by atoms with Crippen LogP contribution in [0.1, 0.15) is 38.5 Å². The molecule has 3 aromatic rings. The van der Waals surface area contributed by atoms with Gasteiger partial charge in [-0.2, -0.15) is 5.10 Å². The lowest BCUT2D eigenvalue weighted by Crippen LogP contribution is -2.26. The van der Waals surface area contributed by atoms with Gasteiger partial charge < -0.3 is 10.4 Å². The predicted octanol–water partition coefficient (Wildman–Crippen LogP) is 1.96. The van der Waals surface area contributed by atoms with E-state index in [1.165, 1.54) is 4.68 Å². The van der Waals surface area contributed by atoms with Crippen molar-refractivity contribution in [2.45, 2.75) is 25.8 Å². The quantitative estimate of drug-likeness (QED) is 0.636. The smallest absolute Gasteiger partial charge is 0.354 e. The number of hydrogen-bond donors (Lipinski definition) is 2. The molecule has 0 saturated heterocycles. The maximum atomic E-state index is 12.0. The van der Waals surface area contributed by atoms with Gasteiger partial charge in [-0.1, -0.05) is 6.07 Å². The van der Waals surface area contributed by atoms with Crippen LogP contribution in [0.3, 0.4) is 0 Å². The van der Waals surface area contributed by atoms with Crippen LogP contribution >= 0.6 is 0 Å². The van der Waals surface area contributed by atoms with Gasteiger partial charge >= 0.3 is 5.97 Å². The molecule has 0 unspecified atom stereocenters. The molecule has 4 rings (SSSR count). The standard InChI is InChI=1S/C20H19N5O3/c26-19(16-4-1-2-8-22-16)23-9-3-11-25-18(20(27)28)15-6-5-13-12-21-10-7-14(13)17(15)24-25/h1-2,4,7-8,10,12H,3,5-6,9,11H2,(H,23,26)(H,27,28). The Hall–Kier alpha value is -3.55. The average molecular weight is 377 g/mol. The summed E-state index contributed by atoms with van der Waals surface area (Å²) < 4.78 is 1.54. The first-order chi connectivity index (χ1) is 13.6. The van der Waals surface area contributed by atoms with Crippen molar-refractivity contribution in [3.05, 3.63) is 65.4 Å². The van der Waals surface area contributed by atoms with E-state index in [1.807, 2.05) is 12.3 Å². The molecule has 1 amide bonds. The molecule has 2 N–H and O–H groups in total. The van der Waals surface area contributed by atoms with E-state index >= 15 is 0 Å². The van der Waals surface area contributed by atoms with Crippen LogP contribution < -0.4 is 5.32 Å². The van der Waals surface area contributed by atoms with Crippen LogP contribution in [-0.2, 0) is 19.4 Å². The molecule has 0 bridgehead atoms. The minimum absolute atomic E-state index is 0.230. The molecule has 0 atom stereocenters. The number of carbonyl (C=O) groups excluding carboxylic acids is 1. The Kier molecular flexibility index (Phi) is 4.84. The van der Waals surface area contributed by atoms with E-state index in [1.54, 1.807) is 30.6 Å². The van der Waals surface area contributed by atoms with Crippen molar-refractivity contribution in [3.8, 4) is 11.3 Å². The third-order valence-electron chi connectivity index (χ3n) is 4.79. The number of amides is 1. The first-order valence-corrected chi connectivity index (χ1v) is 9.10. The highest BCUT2D eigenvalue weighted by Gasteiger charge is 2.27. The zero-order valence-electron chi connectivity index (χ0n) is 15.1. The summed E-state index contributed by atoms with van der Waals surface area (Å²) in [5.41, 5.74) is 4.10. The van der Waals surface area contributed by atoms with Crippen LogP contribution in [0.25, 0.3) is 11.3 Å². The van der Waals surface area contributed by atoms with Gasteiger partial charge in [0.2, 0.25) is 0 Å². The summed E-state index contributed by atoms with van der Waals surface area (Å²) in [6.45, 7) is 0.803. The minimum Gasteiger partial charge on any atom is -0.477 e. The average Bonchev–Trinajstić information content (AvgIpc) is 3.11. The van der Waals surface area contributed by atoms with Crippen LogP contribution in [-0.4, -0.2) is 43.3 Å². The van der Waals surface area contributed by atoms with Crippen molar-refractivity contribution in [2.75, 3.05) is 6.54 Å². The molecule has 8 nitrogen and oxygen atoms in total. The van der Waals surface area contributed by atoms with Gasteiger partial charge in [-0.15, -0.1) is 0 Å². The maximum absolute atomic E-state index is 12.0. The Labute approximate surface area is 161 Å². The summed E-state index contributed by atoms with van der Waals surface area (Å²) in [6.07, 6.45) is 7.01. The first kappa shape index (κ1) is 17.8. The van der Waals surface area contributed by atoms with E-state index in [-0.39, 0.29) is 11.6 Å². The fraction of sp³-hybridized carbons (Fsp3) is 0.250. The third kappa shape index (κ3) is 3.36. The van der Waals surface area contributed by atoms with E-state index in [0.717, 1.165) is 28.8 Å². The highest BCUT2D eigenvalue weighted by Crippen LogP contribution is 2.34. The Morgan fingerprint density at radius 3 is 2.86 bits per heavy atom. The molecule has 3 aromatic heterocycles. The Morgan fingerprint density at radius 1 is 1.18 bits per heavy atom. The SMILES string of the molecule is O=C(NCCCn1nc2c(c1C(=O)O)CCc1cnccc1-2)c1ccccn1. The number of aromatic carboxylic acids is 1. The number of carboxylic acids is 1. The van der Waals surface area contributed by atoms with Crippen LogP contribution in [0, 0.1) is 0 Å². The van der Waals surface area contributed by atoms with Crippen molar-refractivity contribution >= 4 is 11.9 Å². The van der Waals surface area contributed by atoms with Crippen LogP contribution in [0.15, 0.2) is 42.9 Å². The lowest BCUT2D eigenvalue weighted by Gasteiger charge is -2.14. The third-order valence-corrected chi connectivity index (χ3v) is 4.79. The molecule has 1 aliphatic carbocycles. The van der Waals surface area contributed by atoms with E-state index in [2.05, 4.69) is 20.4 Å². The first-order valence-electron chi connectivity index (χ1n) is 9.10. The monoisotopic (exact) mass is 377 g/mol. The van der Waals surface area contributed by atoms with Gasteiger partial charge in [-0.05, 0) is 43.0 Å². The van der Waals surface area contributed by atoms with Gasteiger partial charge in [0.25, 0.3) is 5.91 Å². The molecule has 0 aromatic carbocycles. The van der Waals surface area contributed by atoms with E-state index < -0.39 is 5.97 Å². The zero-order valence-corrected chi connectivity index (χ0v) is 15.1. The minimum atomic E-state index is -0.983. The maximum Gasteiger partial charge on any atom is 0.354 e. The second kappa shape index (κ2) is 7.59. The summed E-state index contributed by atoms with van der Waals surface area (Å²) in [7, 11) is 0. The highest BCUT2D eigenvalue weighted by molar-refractivity contribution is 5.92. The number of aryl methyl sites for hydroxylation is 2. The fourth-order valence-corrected chi connectivity index (χ4v) is 3.49. The summed E-state index contributed by atoms with van der Waals surface area (Å²) in [6, 6.07) is 7.02. The Bertz CT molecular complexity index is 1030. The van der Waals surface area contributed by atoms with Gasteiger partial charge in [-0.25, -0.2) is 4.79 Å². The number of hydrogen-bond acceptors (Lipinski definition) is 5. The van der Waals surface area contributed by atoms with Crippen LogP contribution in [0.2, 0.25) is 0 Å². The van der Waals surface area contributed by atoms with Gasteiger partial charge in [0.05, 0.1) is 5.69 Å². The highest BCUT2D eigenvalue weighted by atomic mass is 16.4. The van der Waals surface area contributed by atoms with Crippen LogP contribution in [0.4, 0.5) is 0 Å². The summed E-state index contributed by atoms with van der Waals surface area (Å²) in [5, 5.41) is 17.1.